The molecule has 0 fully saturated rings. The molecule has 0 aromatic heterocycles. The molecule has 0 unspecified atom stereocenters. The number of rotatable bonds is 4. The van der Waals surface area contributed by atoms with Crippen molar-refractivity contribution in [2.45, 2.75) is 6.92 Å². The van der Waals surface area contributed by atoms with Crippen molar-refractivity contribution in [1.29, 1.82) is 0 Å². The van der Waals surface area contributed by atoms with Crippen molar-refractivity contribution in [1.82, 2.24) is 0 Å². The first-order valence-electron chi connectivity index (χ1n) is 3.45. The van der Waals surface area contributed by atoms with Crippen LogP contribution in [0.4, 0.5) is 4.79 Å². The maximum atomic E-state index is 10.9. The summed E-state index contributed by atoms with van der Waals surface area (Å²) in [5.74, 6) is 0.661. The SMILES string of the molecule is CCSC(=O)OCOP(C)(C)=O. The molecule has 0 bridgehead atoms. The van der Waals surface area contributed by atoms with Gasteiger partial charge in [-0.3, -0.25) is 9.09 Å². The Kier molecular flexibility index (Phi) is 5.63. The number of hydrogen-bond donors (Lipinski definition) is 0. The third-order valence-corrected chi connectivity index (χ3v) is 2.17. The molecule has 0 aliphatic carbocycles. The molecule has 12 heavy (non-hydrogen) atoms. The van der Waals surface area contributed by atoms with Crippen LogP contribution in [0.25, 0.3) is 0 Å². The summed E-state index contributed by atoms with van der Waals surface area (Å²) in [5, 5.41) is -0.397. The van der Waals surface area contributed by atoms with E-state index in [1.165, 1.54) is 13.3 Å². The van der Waals surface area contributed by atoms with Crippen LogP contribution in [0, 0.1) is 0 Å². The fourth-order valence-corrected chi connectivity index (χ4v) is 1.03. The molecule has 72 valence electrons. The maximum Gasteiger partial charge on any atom is 0.369 e. The Bertz CT molecular complexity index is 188. The molecule has 0 radical (unpaired) electrons. The third-order valence-electron chi connectivity index (χ3n) is 0.803. The number of carbonyl (C=O) groups excluding carboxylic acids is 1. The van der Waals surface area contributed by atoms with Gasteiger partial charge in [-0.1, -0.05) is 6.92 Å². The van der Waals surface area contributed by atoms with Gasteiger partial charge in [0.25, 0.3) is 0 Å². The van der Waals surface area contributed by atoms with E-state index in [0.717, 1.165) is 11.8 Å². The van der Waals surface area contributed by atoms with Gasteiger partial charge in [-0.15, -0.1) is 0 Å². The van der Waals surface area contributed by atoms with E-state index >= 15 is 0 Å². The van der Waals surface area contributed by atoms with Crippen LogP contribution in [0.1, 0.15) is 6.92 Å². The predicted molar refractivity (Wildman–Crippen MR) is 50.0 cm³/mol. The Morgan fingerprint density at radius 1 is 1.50 bits per heavy atom. The van der Waals surface area contributed by atoms with Gasteiger partial charge in [-0.2, -0.15) is 0 Å². The lowest BCUT2D eigenvalue weighted by Crippen LogP contribution is -2.02. The van der Waals surface area contributed by atoms with Gasteiger partial charge in [0, 0.05) is 19.1 Å². The molecular weight excluding hydrogens is 199 g/mol. The van der Waals surface area contributed by atoms with E-state index in [1.54, 1.807) is 0 Å². The molecule has 0 spiro atoms. The minimum absolute atomic E-state index is 0.226. The second-order valence-corrected chi connectivity index (χ2v) is 6.29. The molecule has 0 heterocycles. The quantitative estimate of drug-likeness (QED) is 0.407. The normalized spacial score (nSPS) is 11.2. The highest BCUT2D eigenvalue weighted by atomic mass is 32.2. The summed E-state index contributed by atoms with van der Waals surface area (Å²) in [7, 11) is -2.53. The second-order valence-electron chi connectivity index (χ2n) is 2.33. The van der Waals surface area contributed by atoms with Crippen LogP contribution in [0.3, 0.4) is 0 Å². The zero-order chi connectivity index (χ0) is 9.61. The first kappa shape index (κ1) is 12.0. The Hall–Kier alpha value is 0.01000. The highest BCUT2D eigenvalue weighted by molar-refractivity contribution is 8.13. The van der Waals surface area contributed by atoms with E-state index < -0.39 is 12.7 Å². The summed E-state index contributed by atoms with van der Waals surface area (Å²) in [6.45, 7) is 4.55. The largest absolute Gasteiger partial charge is 0.430 e. The summed E-state index contributed by atoms with van der Waals surface area (Å²) < 4.78 is 20.3. The Labute approximate surface area is 76.5 Å². The lowest BCUT2D eigenvalue weighted by atomic mass is 11.0. The standard InChI is InChI=1S/C6H13O4PS/c1-4-12-6(7)9-5-10-11(2,3)8/h4-5H2,1-3H3. The molecule has 0 rings (SSSR count). The first-order valence-corrected chi connectivity index (χ1v) is 6.95. The van der Waals surface area contributed by atoms with E-state index in [4.69, 9.17) is 4.52 Å². The van der Waals surface area contributed by atoms with Gasteiger partial charge in [-0.05, 0) is 11.8 Å². The van der Waals surface area contributed by atoms with Gasteiger partial charge in [0.05, 0.1) is 0 Å². The second kappa shape index (κ2) is 5.62. The average molecular weight is 212 g/mol. The number of hydrogen-bond acceptors (Lipinski definition) is 5. The Morgan fingerprint density at radius 3 is 2.50 bits per heavy atom. The molecule has 0 aromatic carbocycles. The third kappa shape index (κ3) is 8.11. The molecule has 4 nitrogen and oxygen atoms in total. The van der Waals surface area contributed by atoms with Gasteiger partial charge in [0.1, 0.15) is 0 Å². The van der Waals surface area contributed by atoms with Crippen molar-refractivity contribution in [3.05, 3.63) is 0 Å². The van der Waals surface area contributed by atoms with Crippen molar-refractivity contribution in [2.75, 3.05) is 25.9 Å². The van der Waals surface area contributed by atoms with Gasteiger partial charge in [0.15, 0.2) is 14.2 Å². The van der Waals surface area contributed by atoms with Gasteiger partial charge in [-0.25, -0.2) is 4.79 Å². The van der Waals surface area contributed by atoms with E-state index in [9.17, 15) is 9.36 Å². The highest BCUT2D eigenvalue weighted by Gasteiger charge is 2.08. The molecule has 0 aliphatic rings. The van der Waals surface area contributed by atoms with Crippen molar-refractivity contribution in [3.8, 4) is 0 Å². The first-order chi connectivity index (χ1) is 5.45. The van der Waals surface area contributed by atoms with Gasteiger partial charge < -0.3 is 4.74 Å². The summed E-state index contributed by atoms with van der Waals surface area (Å²) in [6, 6.07) is 0. The van der Waals surface area contributed by atoms with Crippen molar-refractivity contribution in [2.24, 2.45) is 0 Å². The van der Waals surface area contributed by atoms with E-state index in [2.05, 4.69) is 4.74 Å². The van der Waals surface area contributed by atoms with Crippen LogP contribution >= 0.6 is 19.1 Å². The molecule has 0 aliphatic heterocycles. The smallest absolute Gasteiger partial charge is 0.369 e. The summed E-state index contributed by atoms with van der Waals surface area (Å²) >= 11 is 1.05. The lowest BCUT2D eigenvalue weighted by molar-refractivity contribution is 0.0807. The molecular formula is C6H13O4PS. The van der Waals surface area contributed by atoms with Gasteiger partial charge >= 0.3 is 5.30 Å². The van der Waals surface area contributed by atoms with Crippen molar-refractivity contribution >= 4 is 24.4 Å². The van der Waals surface area contributed by atoms with Crippen LogP contribution in [0.15, 0.2) is 0 Å². The topological polar surface area (TPSA) is 52.6 Å². The zero-order valence-electron chi connectivity index (χ0n) is 7.40. The molecule has 0 amide bonds. The summed E-state index contributed by atoms with van der Waals surface area (Å²) in [4.78, 5) is 10.7. The summed E-state index contributed by atoms with van der Waals surface area (Å²) in [5.41, 5.74) is 0. The zero-order valence-corrected chi connectivity index (χ0v) is 9.11. The maximum absolute atomic E-state index is 10.9. The van der Waals surface area contributed by atoms with Crippen LogP contribution in [0.2, 0.25) is 0 Å². The fourth-order valence-electron chi connectivity index (χ4n) is 0.361. The van der Waals surface area contributed by atoms with Crippen LogP contribution in [-0.2, 0) is 13.8 Å². The van der Waals surface area contributed by atoms with E-state index in [1.807, 2.05) is 6.92 Å². The van der Waals surface area contributed by atoms with Crippen LogP contribution < -0.4 is 0 Å². The molecule has 0 atom stereocenters. The van der Waals surface area contributed by atoms with Crippen molar-refractivity contribution < 1.29 is 18.6 Å². The Morgan fingerprint density at radius 2 is 2.08 bits per heavy atom. The molecule has 0 aromatic rings. The number of carbonyl (C=O) groups is 1. The highest BCUT2D eigenvalue weighted by Crippen LogP contribution is 2.36. The Balaban J connectivity index is 3.44. The van der Waals surface area contributed by atoms with Gasteiger partial charge in [0.2, 0.25) is 0 Å². The minimum atomic E-state index is -2.53. The monoisotopic (exact) mass is 212 g/mol. The average Bonchev–Trinajstić information content (AvgIpc) is 1.84. The number of ether oxygens (including phenoxy) is 1. The minimum Gasteiger partial charge on any atom is -0.430 e. The molecule has 6 heteroatoms. The fraction of sp³-hybridized carbons (Fsp3) is 0.833. The van der Waals surface area contributed by atoms with E-state index in [0.29, 0.717) is 5.75 Å². The summed E-state index contributed by atoms with van der Waals surface area (Å²) in [6.07, 6.45) is 0. The van der Waals surface area contributed by atoms with Crippen LogP contribution in [-0.4, -0.2) is 31.2 Å². The molecule has 0 N–H and O–H groups in total. The van der Waals surface area contributed by atoms with Crippen LogP contribution in [0.5, 0.6) is 0 Å². The van der Waals surface area contributed by atoms with Crippen molar-refractivity contribution in [3.63, 3.8) is 0 Å². The van der Waals surface area contributed by atoms with E-state index in [-0.39, 0.29) is 6.79 Å². The number of thioether (sulfide) groups is 1. The lowest BCUT2D eigenvalue weighted by Gasteiger charge is -2.07. The molecule has 0 saturated heterocycles. The molecule has 0 saturated carbocycles. The predicted octanol–water partition coefficient (Wildman–Crippen LogP) is 2.39.